The van der Waals surface area contributed by atoms with E-state index in [9.17, 15) is 4.79 Å². The van der Waals surface area contributed by atoms with Crippen molar-refractivity contribution in [1.82, 2.24) is 14.9 Å². The summed E-state index contributed by atoms with van der Waals surface area (Å²) < 4.78 is 5.44. The fourth-order valence-electron chi connectivity index (χ4n) is 6.04. The third-order valence-corrected chi connectivity index (χ3v) is 8.33. The van der Waals surface area contributed by atoms with Crippen LogP contribution in [-0.4, -0.2) is 66.8 Å². The Balaban J connectivity index is 1.38. The molecule has 5 rings (SSSR count). The number of ether oxygens (including phenoxy) is 1. The molecular weight excluding hydrogens is 502 g/mol. The van der Waals surface area contributed by atoms with Crippen molar-refractivity contribution in [2.45, 2.75) is 50.7 Å². The molecule has 2 bridgehead atoms. The van der Waals surface area contributed by atoms with Gasteiger partial charge in [-0.05, 0) is 56.5 Å². The molecule has 0 unspecified atom stereocenters. The highest BCUT2D eigenvalue weighted by Crippen LogP contribution is 2.43. The van der Waals surface area contributed by atoms with Crippen LogP contribution < -0.4 is 21.3 Å². The largest absolute Gasteiger partial charge is 0.444 e. The number of hydrogen-bond acceptors (Lipinski definition) is 8. The second kappa shape index (κ2) is 10.6. The highest BCUT2D eigenvalue weighted by atomic mass is 35.5. The number of carbonyl (C=O) groups is 1. The average molecular weight is 540 g/mol. The van der Waals surface area contributed by atoms with E-state index in [-0.39, 0.29) is 29.4 Å². The minimum atomic E-state index is -0.773. The van der Waals surface area contributed by atoms with Crippen LogP contribution >= 0.6 is 11.6 Å². The third-order valence-electron chi connectivity index (χ3n) is 8.06. The quantitative estimate of drug-likeness (QED) is 0.412. The van der Waals surface area contributed by atoms with Crippen LogP contribution in [0.15, 0.2) is 36.5 Å². The van der Waals surface area contributed by atoms with Gasteiger partial charge in [0.2, 0.25) is 5.95 Å². The molecular formula is C28H38ClN7O2. The molecule has 1 amide bonds. The fourth-order valence-corrected chi connectivity index (χ4v) is 6.19. The Hall–Kier alpha value is -3.04. The second-order valence-corrected chi connectivity index (χ2v) is 12.0. The fraction of sp³-hybridized carbons (Fsp3) is 0.536. The van der Waals surface area contributed by atoms with Gasteiger partial charge in [-0.2, -0.15) is 4.98 Å². The molecule has 1 aliphatic heterocycles. The van der Waals surface area contributed by atoms with E-state index in [2.05, 4.69) is 88.7 Å². The van der Waals surface area contributed by atoms with Crippen molar-refractivity contribution < 1.29 is 9.53 Å². The van der Waals surface area contributed by atoms with Crippen LogP contribution in [0.25, 0.3) is 0 Å². The number of primary amides is 1. The number of aromatic nitrogens is 2. The van der Waals surface area contributed by atoms with Crippen molar-refractivity contribution in [2.24, 2.45) is 17.6 Å². The van der Waals surface area contributed by atoms with Crippen LogP contribution in [0, 0.1) is 11.8 Å². The molecule has 2 aliphatic carbocycles. The molecule has 38 heavy (non-hydrogen) atoms. The Morgan fingerprint density at radius 1 is 1.29 bits per heavy atom. The van der Waals surface area contributed by atoms with Crippen LogP contribution in [0.5, 0.6) is 0 Å². The van der Waals surface area contributed by atoms with Gasteiger partial charge in [-0.1, -0.05) is 43.7 Å². The summed E-state index contributed by atoms with van der Waals surface area (Å²) in [5, 5.41) is 7.19. The smallest absolute Gasteiger partial charge is 0.404 e. The van der Waals surface area contributed by atoms with Gasteiger partial charge in [-0.3, -0.25) is 0 Å². The van der Waals surface area contributed by atoms with E-state index in [4.69, 9.17) is 22.1 Å². The first kappa shape index (κ1) is 26.6. The van der Waals surface area contributed by atoms with Crippen LogP contribution in [-0.2, 0) is 10.2 Å². The van der Waals surface area contributed by atoms with Gasteiger partial charge in [0.25, 0.3) is 0 Å². The number of benzene rings is 1. The number of nitrogens with zero attached hydrogens (tertiary/aromatic N) is 4. The van der Waals surface area contributed by atoms with E-state index >= 15 is 0 Å². The van der Waals surface area contributed by atoms with Gasteiger partial charge in [0.1, 0.15) is 11.1 Å². The average Bonchev–Trinajstić information content (AvgIpc) is 3.42. The van der Waals surface area contributed by atoms with Crippen molar-refractivity contribution in [1.29, 1.82) is 0 Å². The van der Waals surface area contributed by atoms with E-state index in [1.165, 1.54) is 11.3 Å². The van der Waals surface area contributed by atoms with Gasteiger partial charge in [0, 0.05) is 42.8 Å². The van der Waals surface area contributed by atoms with Crippen molar-refractivity contribution in [2.75, 3.05) is 49.3 Å². The standard InChI is InChI=1S/C28H38ClN7O2/c1-28(2)10-5-11-36(13-12-35(3)4)22-15-19(8-9-20(22)28)32-27-31-16-21(29)25(34-27)33-23-17-6-7-18(14-17)24(23)38-26(30)37/h6-9,15-18,23-24H,5,10-14H2,1-4H3,(H2,30,37)(H2,31,32,33,34)/t17-,18+,23+,24-/m0/s1. The number of likely N-dealkylation sites (N-methyl/N-ethyl adjacent to an activating group) is 1. The van der Waals surface area contributed by atoms with E-state index in [1.807, 2.05) is 0 Å². The van der Waals surface area contributed by atoms with E-state index in [0.717, 1.165) is 44.6 Å². The molecule has 9 nitrogen and oxygen atoms in total. The minimum absolute atomic E-state index is 0.104. The van der Waals surface area contributed by atoms with Crippen molar-refractivity contribution in [3.8, 4) is 0 Å². The van der Waals surface area contributed by atoms with E-state index < -0.39 is 6.09 Å². The van der Waals surface area contributed by atoms with Gasteiger partial charge in [-0.25, -0.2) is 9.78 Å². The number of anilines is 4. The van der Waals surface area contributed by atoms with Gasteiger partial charge in [-0.15, -0.1) is 0 Å². The number of fused-ring (bicyclic) bond motifs is 3. The Morgan fingerprint density at radius 2 is 2.08 bits per heavy atom. The molecule has 1 saturated carbocycles. The first-order valence-electron chi connectivity index (χ1n) is 13.4. The number of halogens is 1. The number of amides is 1. The lowest BCUT2D eigenvalue weighted by Crippen LogP contribution is -2.41. The van der Waals surface area contributed by atoms with E-state index in [0.29, 0.717) is 16.8 Å². The molecule has 0 saturated heterocycles. The van der Waals surface area contributed by atoms with Gasteiger partial charge in [0.15, 0.2) is 5.82 Å². The summed E-state index contributed by atoms with van der Waals surface area (Å²) in [7, 11) is 4.22. The predicted octanol–water partition coefficient (Wildman–Crippen LogP) is 4.76. The molecule has 2 aromatic rings. The predicted molar refractivity (Wildman–Crippen MR) is 152 cm³/mol. The number of rotatable bonds is 8. The number of hydrogen-bond donors (Lipinski definition) is 3. The monoisotopic (exact) mass is 539 g/mol. The minimum Gasteiger partial charge on any atom is -0.444 e. The Labute approximate surface area is 229 Å². The molecule has 1 aromatic heterocycles. The molecule has 0 spiro atoms. The first-order chi connectivity index (χ1) is 18.1. The summed E-state index contributed by atoms with van der Waals surface area (Å²) in [4.78, 5) is 25.3. The lowest BCUT2D eigenvalue weighted by Gasteiger charge is -2.30. The van der Waals surface area contributed by atoms with Crippen LogP contribution in [0.4, 0.5) is 27.9 Å². The lowest BCUT2D eigenvalue weighted by atomic mass is 9.80. The highest BCUT2D eigenvalue weighted by Gasteiger charge is 2.47. The molecule has 204 valence electrons. The maximum absolute atomic E-state index is 11.5. The summed E-state index contributed by atoms with van der Waals surface area (Å²) in [6, 6.07) is 6.38. The van der Waals surface area contributed by atoms with Crippen LogP contribution in [0.2, 0.25) is 5.02 Å². The SMILES string of the molecule is CN(C)CCN1CCCC(C)(C)c2ccc(Nc3ncc(Cl)c(N[C@H]4[C@@H](OC(N)=O)[C@@H]5C=C[C@H]4C5)n3)cc21. The van der Waals surface area contributed by atoms with Crippen molar-refractivity contribution in [3.05, 3.63) is 47.1 Å². The maximum Gasteiger partial charge on any atom is 0.404 e. The summed E-state index contributed by atoms with van der Waals surface area (Å²) in [6.07, 6.45) is 7.91. The second-order valence-electron chi connectivity index (χ2n) is 11.5. The summed E-state index contributed by atoms with van der Waals surface area (Å²) in [5.74, 6) is 1.29. The number of nitrogens with two attached hydrogens (primary N) is 1. The topological polar surface area (TPSA) is 109 Å². The molecule has 4 atom stereocenters. The number of nitrogens with one attached hydrogen (secondary N) is 2. The molecule has 2 heterocycles. The highest BCUT2D eigenvalue weighted by molar-refractivity contribution is 6.32. The maximum atomic E-state index is 11.5. The number of carbonyl (C=O) groups excluding carboxylic acids is 1. The Bertz CT molecular complexity index is 1220. The van der Waals surface area contributed by atoms with Gasteiger partial charge in [0.05, 0.1) is 12.2 Å². The van der Waals surface area contributed by atoms with E-state index in [1.54, 1.807) is 6.20 Å². The Kier molecular flexibility index (Phi) is 7.42. The molecule has 0 radical (unpaired) electrons. The van der Waals surface area contributed by atoms with Crippen LogP contribution in [0.3, 0.4) is 0 Å². The molecule has 10 heteroatoms. The zero-order valence-electron chi connectivity index (χ0n) is 22.6. The Morgan fingerprint density at radius 3 is 2.84 bits per heavy atom. The summed E-state index contributed by atoms with van der Waals surface area (Å²) >= 11 is 6.48. The normalized spacial score (nSPS) is 25.3. The van der Waals surface area contributed by atoms with Crippen LogP contribution in [0.1, 0.15) is 38.7 Å². The third kappa shape index (κ3) is 5.54. The first-order valence-corrected chi connectivity index (χ1v) is 13.7. The molecule has 4 N–H and O–H groups in total. The zero-order chi connectivity index (χ0) is 27.0. The zero-order valence-corrected chi connectivity index (χ0v) is 23.3. The van der Waals surface area contributed by atoms with Gasteiger partial charge < -0.3 is 30.9 Å². The lowest BCUT2D eigenvalue weighted by molar-refractivity contribution is 0.0853. The van der Waals surface area contributed by atoms with Crippen molar-refractivity contribution in [3.63, 3.8) is 0 Å². The summed E-state index contributed by atoms with van der Waals surface area (Å²) in [6.45, 7) is 7.65. The summed E-state index contributed by atoms with van der Waals surface area (Å²) in [5.41, 5.74) is 8.98. The molecule has 1 fully saturated rings. The van der Waals surface area contributed by atoms with Crippen molar-refractivity contribution >= 4 is 40.8 Å². The van der Waals surface area contributed by atoms with Gasteiger partial charge >= 0.3 is 6.09 Å². The molecule has 1 aromatic carbocycles. The molecule has 3 aliphatic rings.